The van der Waals surface area contributed by atoms with Gasteiger partial charge in [0.25, 0.3) is 0 Å². The summed E-state index contributed by atoms with van der Waals surface area (Å²) in [6.45, 7) is 10.8. The highest BCUT2D eigenvalue weighted by Gasteiger charge is 2.39. The number of allylic oxidation sites excluding steroid dienone is 1. The van der Waals surface area contributed by atoms with Gasteiger partial charge in [-0.25, -0.2) is 0 Å². The SMILES string of the molecule is C=CC1=NC2C(=C)[n+]3ccc(C)cc3-c3c(ncc4c3oc3ccccc34)CCC2c2ccccc21. The van der Waals surface area contributed by atoms with Crippen molar-refractivity contribution in [1.29, 1.82) is 0 Å². The van der Waals surface area contributed by atoms with Crippen LogP contribution in [0.4, 0.5) is 0 Å². The molecule has 0 fully saturated rings. The van der Waals surface area contributed by atoms with E-state index in [-0.39, 0.29) is 12.0 Å². The monoisotopic (exact) mass is 468 g/mol. The van der Waals surface area contributed by atoms with Crippen LogP contribution < -0.4 is 4.57 Å². The van der Waals surface area contributed by atoms with E-state index in [1.807, 2.05) is 30.5 Å². The number of hydrogen-bond acceptors (Lipinski definition) is 3. The molecule has 0 radical (unpaired) electrons. The molecular weight excluding hydrogens is 442 g/mol. The molecule has 36 heavy (non-hydrogen) atoms. The maximum absolute atomic E-state index is 6.51. The molecule has 5 aromatic rings. The fraction of sp³-hybridized carbons (Fsp3) is 0.156. The number of aromatic nitrogens is 2. The molecular formula is C32H26N3O+. The summed E-state index contributed by atoms with van der Waals surface area (Å²) in [4.78, 5) is 10.2. The topological polar surface area (TPSA) is 42.3 Å². The van der Waals surface area contributed by atoms with Gasteiger partial charge in [0.15, 0.2) is 11.8 Å². The van der Waals surface area contributed by atoms with Crippen LogP contribution in [0, 0.1) is 6.92 Å². The molecule has 0 aliphatic carbocycles. The molecule has 0 bridgehead atoms. The molecule has 2 aliphatic rings. The molecule has 4 nitrogen and oxygen atoms in total. The first-order chi connectivity index (χ1) is 17.6. The Bertz CT molecular complexity index is 1760. The van der Waals surface area contributed by atoms with Crippen molar-refractivity contribution < 1.29 is 8.98 Å². The van der Waals surface area contributed by atoms with Crippen LogP contribution in [0.15, 0.2) is 102 Å². The fourth-order valence-electron chi connectivity index (χ4n) is 5.97. The largest absolute Gasteiger partial charge is 0.455 e. The van der Waals surface area contributed by atoms with Gasteiger partial charge in [-0.2, -0.15) is 4.57 Å². The zero-order chi connectivity index (χ0) is 24.4. The van der Waals surface area contributed by atoms with Crippen molar-refractivity contribution in [3.05, 3.63) is 115 Å². The predicted molar refractivity (Wildman–Crippen MR) is 145 cm³/mol. The highest BCUT2D eigenvalue weighted by Crippen LogP contribution is 2.42. The number of pyridine rings is 2. The molecule has 0 amide bonds. The van der Waals surface area contributed by atoms with Gasteiger partial charge < -0.3 is 4.42 Å². The number of nitrogens with zero attached hydrogens (tertiary/aromatic N) is 3. The van der Waals surface area contributed by atoms with Gasteiger partial charge in [0.05, 0.1) is 11.4 Å². The van der Waals surface area contributed by atoms with Crippen LogP contribution >= 0.6 is 0 Å². The third kappa shape index (κ3) is 2.97. The van der Waals surface area contributed by atoms with Gasteiger partial charge in [-0.1, -0.05) is 49.0 Å². The molecule has 5 heterocycles. The molecule has 2 aliphatic heterocycles. The van der Waals surface area contributed by atoms with Crippen molar-refractivity contribution in [2.75, 3.05) is 0 Å². The minimum absolute atomic E-state index is 0.0974. The highest BCUT2D eigenvalue weighted by molar-refractivity contribution is 6.11. The van der Waals surface area contributed by atoms with E-state index in [4.69, 9.17) is 14.4 Å². The third-order valence-corrected chi connectivity index (χ3v) is 7.70. The van der Waals surface area contributed by atoms with Crippen LogP contribution in [0.2, 0.25) is 0 Å². The molecule has 4 heteroatoms. The van der Waals surface area contributed by atoms with Gasteiger partial charge >= 0.3 is 0 Å². The van der Waals surface area contributed by atoms with Crippen molar-refractivity contribution in [3.63, 3.8) is 0 Å². The lowest BCUT2D eigenvalue weighted by Crippen LogP contribution is -2.42. The second kappa shape index (κ2) is 7.85. The average molecular weight is 469 g/mol. The Morgan fingerprint density at radius 1 is 1.06 bits per heavy atom. The highest BCUT2D eigenvalue weighted by atomic mass is 16.3. The van der Waals surface area contributed by atoms with Crippen molar-refractivity contribution in [2.24, 2.45) is 4.99 Å². The van der Waals surface area contributed by atoms with Gasteiger partial charge in [0, 0.05) is 40.6 Å². The molecule has 2 unspecified atom stereocenters. The number of furan rings is 1. The lowest BCUT2D eigenvalue weighted by molar-refractivity contribution is -0.572. The molecule has 0 saturated heterocycles. The molecule has 3 aromatic heterocycles. The molecule has 7 rings (SSSR count). The Kier molecular flexibility index (Phi) is 4.58. The zero-order valence-corrected chi connectivity index (χ0v) is 20.2. The molecule has 2 aromatic carbocycles. The Hall–Kier alpha value is -4.31. The zero-order valence-electron chi connectivity index (χ0n) is 20.2. The number of para-hydroxylation sites is 1. The first-order valence-electron chi connectivity index (χ1n) is 12.4. The second-order valence-corrected chi connectivity index (χ2v) is 9.77. The third-order valence-electron chi connectivity index (χ3n) is 7.70. The summed E-state index contributed by atoms with van der Waals surface area (Å²) < 4.78 is 8.70. The van der Waals surface area contributed by atoms with E-state index in [1.165, 1.54) is 11.1 Å². The van der Waals surface area contributed by atoms with E-state index < -0.39 is 0 Å². The molecule has 174 valence electrons. The Balaban J connectivity index is 1.54. The van der Waals surface area contributed by atoms with E-state index in [2.05, 4.69) is 73.3 Å². The Morgan fingerprint density at radius 2 is 1.89 bits per heavy atom. The molecule has 2 atom stereocenters. The maximum atomic E-state index is 6.51. The van der Waals surface area contributed by atoms with Gasteiger partial charge in [-0.05, 0) is 49.6 Å². The average Bonchev–Trinajstić information content (AvgIpc) is 3.30. The summed E-state index contributed by atoms with van der Waals surface area (Å²) in [5.74, 6) is 0.193. The van der Waals surface area contributed by atoms with Crippen molar-refractivity contribution in [2.45, 2.75) is 31.7 Å². The number of aryl methyl sites for hydroxylation is 2. The minimum atomic E-state index is -0.0974. The summed E-state index contributed by atoms with van der Waals surface area (Å²) in [6, 6.07) is 21.0. The van der Waals surface area contributed by atoms with E-state index in [1.54, 1.807) is 0 Å². The first-order valence-corrected chi connectivity index (χ1v) is 12.4. The minimum Gasteiger partial charge on any atom is -0.455 e. The van der Waals surface area contributed by atoms with Gasteiger partial charge in [-0.3, -0.25) is 9.98 Å². The summed E-state index contributed by atoms with van der Waals surface area (Å²) in [5.41, 5.74) is 10.4. The van der Waals surface area contributed by atoms with Crippen molar-refractivity contribution >= 4 is 33.3 Å². The Labute approximate surface area is 210 Å². The Morgan fingerprint density at radius 3 is 2.78 bits per heavy atom. The molecule has 0 N–H and O–H groups in total. The fourth-order valence-corrected chi connectivity index (χ4v) is 5.97. The van der Waals surface area contributed by atoms with Crippen LogP contribution in [0.1, 0.15) is 34.7 Å². The summed E-state index contributed by atoms with van der Waals surface area (Å²) in [5, 5.41) is 2.13. The van der Waals surface area contributed by atoms with E-state index in [0.29, 0.717) is 0 Å². The molecule has 0 spiro atoms. The van der Waals surface area contributed by atoms with Gasteiger partial charge in [-0.15, -0.1) is 0 Å². The number of fused-ring (bicyclic) bond motifs is 10. The van der Waals surface area contributed by atoms with Crippen LogP contribution in [0.25, 0.3) is 38.9 Å². The lowest BCUT2D eigenvalue weighted by atomic mass is 9.80. The standard InChI is InChI=1S/C32H26N3O/c1-4-26-22-10-6-5-9-21(22)24-13-14-27-30(28-17-19(2)15-16-35(28)20(3)31(24)34-26)32-25(18-33-27)23-11-7-8-12-29(23)36-32/h4-12,15-18,24,31H,1,3,13-14H2,2H3/q+1. The smallest absolute Gasteiger partial charge is 0.224 e. The van der Waals surface area contributed by atoms with E-state index in [0.717, 1.165) is 68.7 Å². The van der Waals surface area contributed by atoms with Crippen LogP contribution in [0.3, 0.4) is 0 Å². The van der Waals surface area contributed by atoms with Gasteiger partial charge in [0.2, 0.25) is 11.4 Å². The van der Waals surface area contributed by atoms with E-state index >= 15 is 0 Å². The number of rotatable bonds is 1. The second-order valence-electron chi connectivity index (χ2n) is 9.77. The molecule has 0 saturated carbocycles. The number of benzene rings is 2. The van der Waals surface area contributed by atoms with Crippen molar-refractivity contribution in [1.82, 2.24) is 4.98 Å². The lowest BCUT2D eigenvalue weighted by Gasteiger charge is -2.30. The summed E-state index contributed by atoms with van der Waals surface area (Å²) in [6.07, 6.45) is 7.69. The van der Waals surface area contributed by atoms with Crippen LogP contribution in [-0.2, 0) is 6.42 Å². The predicted octanol–water partition coefficient (Wildman–Crippen LogP) is 6.80. The maximum Gasteiger partial charge on any atom is 0.224 e. The van der Waals surface area contributed by atoms with E-state index in [9.17, 15) is 0 Å². The first kappa shape index (κ1) is 21.0. The quantitative estimate of drug-likeness (QED) is 0.254. The van der Waals surface area contributed by atoms with Crippen LogP contribution in [0.5, 0.6) is 0 Å². The summed E-state index contributed by atoms with van der Waals surface area (Å²) in [7, 11) is 0. The van der Waals surface area contributed by atoms with Gasteiger partial charge in [0.1, 0.15) is 17.2 Å². The van der Waals surface area contributed by atoms with Crippen LogP contribution in [-0.4, -0.2) is 16.7 Å². The normalized spacial score (nSPS) is 18.8. The summed E-state index contributed by atoms with van der Waals surface area (Å²) >= 11 is 0. The van der Waals surface area contributed by atoms with Crippen molar-refractivity contribution in [3.8, 4) is 11.3 Å². The number of aliphatic imine (C=N–C) groups is 1. The number of hydrogen-bond donors (Lipinski definition) is 0.